The van der Waals surface area contributed by atoms with E-state index in [0.717, 1.165) is 18.4 Å². The van der Waals surface area contributed by atoms with Gasteiger partial charge in [-0.3, -0.25) is 4.98 Å². The summed E-state index contributed by atoms with van der Waals surface area (Å²) >= 11 is 12.4. The summed E-state index contributed by atoms with van der Waals surface area (Å²) in [7, 11) is 0. The second kappa shape index (κ2) is 6.34. The molecule has 1 aromatic heterocycles. The van der Waals surface area contributed by atoms with Crippen molar-refractivity contribution in [3.63, 3.8) is 0 Å². The van der Waals surface area contributed by atoms with Crippen LogP contribution in [0, 0.1) is 5.92 Å². The molecule has 2 atom stereocenters. The third-order valence-electron chi connectivity index (χ3n) is 2.63. The molecule has 1 aromatic rings. The molecule has 0 aromatic carbocycles. The Balaban J connectivity index is 2.58. The number of aromatic nitrogens is 1. The van der Waals surface area contributed by atoms with Gasteiger partial charge in [0.25, 0.3) is 0 Å². The Hall–Kier alpha value is -0.270. The van der Waals surface area contributed by atoms with Crippen LogP contribution in [0.15, 0.2) is 18.5 Å². The summed E-state index contributed by atoms with van der Waals surface area (Å²) in [5.41, 5.74) is 1.09. The van der Waals surface area contributed by atoms with Crippen molar-refractivity contribution in [3.8, 4) is 0 Å². The molecule has 0 aliphatic heterocycles. The molecular formula is C12H17Cl2N. The zero-order valence-electron chi connectivity index (χ0n) is 9.21. The van der Waals surface area contributed by atoms with Crippen molar-refractivity contribution in [1.29, 1.82) is 0 Å². The van der Waals surface area contributed by atoms with Gasteiger partial charge < -0.3 is 0 Å². The van der Waals surface area contributed by atoms with Gasteiger partial charge in [0.15, 0.2) is 0 Å². The van der Waals surface area contributed by atoms with E-state index in [4.69, 9.17) is 23.2 Å². The van der Waals surface area contributed by atoms with Crippen molar-refractivity contribution in [2.45, 2.75) is 38.5 Å². The van der Waals surface area contributed by atoms with E-state index in [1.165, 1.54) is 6.42 Å². The Bertz CT molecular complexity index is 301. The normalized spacial score (nSPS) is 14.9. The fourth-order valence-electron chi connectivity index (χ4n) is 1.62. The van der Waals surface area contributed by atoms with Gasteiger partial charge in [0.2, 0.25) is 0 Å². The second-order valence-corrected chi connectivity index (χ2v) is 4.92. The van der Waals surface area contributed by atoms with E-state index in [2.05, 4.69) is 18.8 Å². The van der Waals surface area contributed by atoms with Crippen LogP contribution >= 0.6 is 23.2 Å². The molecule has 0 N–H and O–H groups in total. The van der Waals surface area contributed by atoms with Crippen molar-refractivity contribution in [2.24, 2.45) is 5.92 Å². The maximum absolute atomic E-state index is 6.34. The molecule has 0 saturated carbocycles. The van der Waals surface area contributed by atoms with Gasteiger partial charge in [-0.1, -0.05) is 31.9 Å². The van der Waals surface area contributed by atoms with E-state index in [9.17, 15) is 0 Å². The Kier molecular flexibility index (Phi) is 5.41. The summed E-state index contributed by atoms with van der Waals surface area (Å²) in [6.07, 6.45) is 6.59. The highest BCUT2D eigenvalue weighted by Crippen LogP contribution is 2.23. The number of hydrogen-bond acceptors (Lipinski definition) is 1. The second-order valence-electron chi connectivity index (χ2n) is 3.95. The molecular weight excluding hydrogens is 229 g/mol. The average molecular weight is 246 g/mol. The number of halogens is 2. The van der Waals surface area contributed by atoms with Gasteiger partial charge in [0.1, 0.15) is 0 Å². The van der Waals surface area contributed by atoms with Crippen molar-refractivity contribution in [1.82, 2.24) is 4.98 Å². The van der Waals surface area contributed by atoms with E-state index in [1.807, 2.05) is 6.07 Å². The van der Waals surface area contributed by atoms with Gasteiger partial charge >= 0.3 is 0 Å². The first-order chi connectivity index (χ1) is 7.15. The number of nitrogens with zero attached hydrogens (tertiary/aromatic N) is 1. The maximum Gasteiger partial charge on any atom is 0.0621 e. The van der Waals surface area contributed by atoms with Crippen LogP contribution in [0.5, 0.6) is 0 Å². The minimum atomic E-state index is 0.157. The van der Waals surface area contributed by atoms with Gasteiger partial charge in [0.05, 0.1) is 5.02 Å². The van der Waals surface area contributed by atoms with E-state index < -0.39 is 0 Å². The first-order valence-corrected chi connectivity index (χ1v) is 6.19. The molecule has 1 nitrogen and oxygen atoms in total. The van der Waals surface area contributed by atoms with E-state index >= 15 is 0 Å². The van der Waals surface area contributed by atoms with Gasteiger partial charge in [-0.25, -0.2) is 0 Å². The quantitative estimate of drug-likeness (QED) is 0.705. The summed E-state index contributed by atoms with van der Waals surface area (Å²) in [6.45, 7) is 4.37. The number of hydrogen-bond donors (Lipinski definition) is 0. The molecule has 84 valence electrons. The predicted octanol–water partition coefficient (Wildman–Crippen LogP) is 4.32. The Morgan fingerprint density at radius 1 is 1.47 bits per heavy atom. The average Bonchev–Trinajstić information content (AvgIpc) is 2.21. The van der Waals surface area contributed by atoms with Crippen molar-refractivity contribution in [2.75, 3.05) is 0 Å². The molecule has 0 bridgehead atoms. The highest BCUT2D eigenvalue weighted by Gasteiger charge is 2.15. The first-order valence-electron chi connectivity index (χ1n) is 5.37. The van der Waals surface area contributed by atoms with E-state index in [-0.39, 0.29) is 5.38 Å². The zero-order chi connectivity index (χ0) is 11.3. The van der Waals surface area contributed by atoms with Crippen LogP contribution in [0.1, 0.15) is 32.3 Å². The van der Waals surface area contributed by atoms with Gasteiger partial charge in [-0.15, -0.1) is 11.6 Å². The molecule has 0 saturated heterocycles. The first kappa shape index (κ1) is 12.8. The van der Waals surface area contributed by atoms with Crippen LogP contribution < -0.4 is 0 Å². The lowest BCUT2D eigenvalue weighted by Crippen LogP contribution is -2.14. The lowest BCUT2D eigenvalue weighted by Gasteiger charge is -2.17. The monoisotopic (exact) mass is 245 g/mol. The minimum absolute atomic E-state index is 0.157. The summed E-state index contributed by atoms with van der Waals surface area (Å²) in [4.78, 5) is 3.96. The Morgan fingerprint density at radius 2 is 2.20 bits per heavy atom. The zero-order valence-corrected chi connectivity index (χ0v) is 10.7. The molecule has 0 fully saturated rings. The SMILES string of the molecule is CCCC(C)C(Cl)Cc1ccncc1Cl. The van der Waals surface area contributed by atoms with Crippen LogP contribution in [-0.2, 0) is 6.42 Å². The molecule has 2 unspecified atom stereocenters. The molecule has 1 rings (SSSR count). The van der Waals surface area contributed by atoms with Crippen molar-refractivity contribution >= 4 is 23.2 Å². The summed E-state index contributed by atoms with van der Waals surface area (Å²) in [6, 6.07) is 1.94. The fraction of sp³-hybridized carbons (Fsp3) is 0.583. The fourth-order valence-corrected chi connectivity index (χ4v) is 2.11. The van der Waals surface area contributed by atoms with Gasteiger partial charge in [0, 0.05) is 17.8 Å². The molecule has 1 heterocycles. The molecule has 15 heavy (non-hydrogen) atoms. The van der Waals surface area contributed by atoms with Crippen molar-refractivity contribution in [3.05, 3.63) is 29.0 Å². The smallest absolute Gasteiger partial charge is 0.0621 e. The van der Waals surface area contributed by atoms with Crippen LogP contribution in [-0.4, -0.2) is 10.4 Å². The molecule has 0 spiro atoms. The molecule has 3 heteroatoms. The van der Waals surface area contributed by atoms with Crippen LogP contribution in [0.25, 0.3) is 0 Å². The highest BCUT2D eigenvalue weighted by molar-refractivity contribution is 6.31. The van der Waals surface area contributed by atoms with Crippen molar-refractivity contribution < 1.29 is 0 Å². The topological polar surface area (TPSA) is 12.9 Å². The number of alkyl halides is 1. The van der Waals surface area contributed by atoms with E-state index in [0.29, 0.717) is 10.9 Å². The van der Waals surface area contributed by atoms with Crippen LogP contribution in [0.3, 0.4) is 0 Å². The molecule has 0 aliphatic rings. The Labute approximate surface area is 102 Å². The Morgan fingerprint density at radius 3 is 2.80 bits per heavy atom. The summed E-state index contributed by atoms with van der Waals surface area (Å²) in [5, 5.41) is 0.872. The van der Waals surface area contributed by atoms with Crippen LogP contribution in [0.4, 0.5) is 0 Å². The van der Waals surface area contributed by atoms with Gasteiger partial charge in [-0.2, -0.15) is 0 Å². The third-order valence-corrected chi connectivity index (χ3v) is 3.56. The third kappa shape index (κ3) is 4.00. The number of rotatable bonds is 5. The lowest BCUT2D eigenvalue weighted by molar-refractivity contribution is 0.494. The molecule has 0 radical (unpaired) electrons. The minimum Gasteiger partial charge on any atom is -0.263 e. The summed E-state index contributed by atoms with van der Waals surface area (Å²) < 4.78 is 0. The maximum atomic E-state index is 6.34. The largest absolute Gasteiger partial charge is 0.263 e. The van der Waals surface area contributed by atoms with E-state index in [1.54, 1.807) is 12.4 Å². The molecule has 0 aliphatic carbocycles. The standard InChI is InChI=1S/C12H17Cl2N/c1-3-4-9(2)11(13)7-10-5-6-15-8-12(10)14/h5-6,8-9,11H,3-4,7H2,1-2H3. The lowest BCUT2D eigenvalue weighted by atomic mass is 9.97. The summed E-state index contributed by atoms with van der Waals surface area (Å²) in [5.74, 6) is 0.529. The highest BCUT2D eigenvalue weighted by atomic mass is 35.5. The number of pyridine rings is 1. The van der Waals surface area contributed by atoms with Crippen LogP contribution in [0.2, 0.25) is 5.02 Å². The molecule has 0 amide bonds. The van der Waals surface area contributed by atoms with Gasteiger partial charge in [-0.05, 0) is 30.4 Å². The predicted molar refractivity (Wildman–Crippen MR) is 66.7 cm³/mol.